The molecule has 2 aromatic rings. The molecule has 2 N–H and O–H groups in total. The Morgan fingerprint density at radius 1 is 1.18 bits per heavy atom. The van der Waals surface area contributed by atoms with Gasteiger partial charge in [-0.05, 0) is 52.8 Å². The van der Waals surface area contributed by atoms with E-state index in [9.17, 15) is 19.2 Å². The summed E-state index contributed by atoms with van der Waals surface area (Å²) in [6.45, 7) is 11.7. The summed E-state index contributed by atoms with van der Waals surface area (Å²) >= 11 is 2.82. The number of aromatic nitrogens is 1. The minimum Gasteiger partial charge on any atom is -0.460 e. The number of carbonyl (C=O) groups excluding carboxylic acids is 4. The van der Waals surface area contributed by atoms with E-state index in [2.05, 4.69) is 15.6 Å². The van der Waals surface area contributed by atoms with Crippen LogP contribution in [0.15, 0.2) is 22.5 Å². The molecule has 186 valence electrons. The molecule has 0 saturated carbocycles. The molecule has 1 aromatic heterocycles. The standard InChI is InChI=1S/C23H32N4O5S2/c1-7-27(8-2)19(29)13-33-22-26-16-10-9-15(11-18(16)34-22)25-21(31)17(24-14(3)28)12-20(30)32-23(4,5)6/h9-11,17H,7-8,12-13H2,1-6H3,(H,24,28)(H,25,31). The Morgan fingerprint density at radius 2 is 1.85 bits per heavy atom. The molecule has 0 radical (unpaired) electrons. The normalized spacial score (nSPS) is 12.2. The third-order valence-corrected chi connectivity index (χ3v) is 6.70. The highest BCUT2D eigenvalue weighted by molar-refractivity contribution is 8.01. The number of hydrogen-bond donors (Lipinski definition) is 2. The SMILES string of the molecule is CCN(CC)C(=O)CSc1nc2ccc(NC(=O)C(CC(=O)OC(C)(C)C)NC(C)=O)cc2s1. The molecule has 1 atom stereocenters. The highest BCUT2D eigenvalue weighted by Crippen LogP contribution is 2.31. The maximum atomic E-state index is 12.8. The van der Waals surface area contributed by atoms with Gasteiger partial charge < -0.3 is 20.3 Å². The Morgan fingerprint density at radius 3 is 2.44 bits per heavy atom. The van der Waals surface area contributed by atoms with Gasteiger partial charge in [-0.2, -0.15) is 0 Å². The van der Waals surface area contributed by atoms with Crippen molar-refractivity contribution in [3.05, 3.63) is 18.2 Å². The van der Waals surface area contributed by atoms with E-state index < -0.39 is 29.4 Å². The lowest BCUT2D eigenvalue weighted by molar-refractivity contribution is -0.156. The molecule has 1 heterocycles. The summed E-state index contributed by atoms with van der Waals surface area (Å²) < 4.78 is 6.88. The molecule has 1 unspecified atom stereocenters. The van der Waals surface area contributed by atoms with Gasteiger partial charge in [-0.1, -0.05) is 11.8 Å². The first-order valence-corrected chi connectivity index (χ1v) is 12.8. The molecule has 0 bridgehead atoms. The van der Waals surface area contributed by atoms with Crippen LogP contribution >= 0.6 is 23.1 Å². The molecular weight excluding hydrogens is 476 g/mol. The molecule has 11 heteroatoms. The molecule has 0 aliphatic rings. The van der Waals surface area contributed by atoms with Gasteiger partial charge in [0.05, 0.1) is 22.4 Å². The number of anilines is 1. The van der Waals surface area contributed by atoms with E-state index in [1.165, 1.54) is 30.0 Å². The monoisotopic (exact) mass is 508 g/mol. The summed E-state index contributed by atoms with van der Waals surface area (Å²) in [6, 6.07) is 4.19. The zero-order valence-corrected chi connectivity index (χ0v) is 22.0. The largest absolute Gasteiger partial charge is 0.460 e. The predicted octanol–water partition coefficient (Wildman–Crippen LogP) is 3.43. The molecule has 2 rings (SSSR count). The first kappa shape index (κ1) is 27.6. The lowest BCUT2D eigenvalue weighted by atomic mass is 10.1. The summed E-state index contributed by atoms with van der Waals surface area (Å²) in [5.41, 5.74) is 0.571. The van der Waals surface area contributed by atoms with E-state index in [-0.39, 0.29) is 12.3 Å². The summed E-state index contributed by atoms with van der Waals surface area (Å²) in [7, 11) is 0. The van der Waals surface area contributed by atoms with E-state index in [1.807, 2.05) is 13.8 Å². The zero-order chi connectivity index (χ0) is 25.5. The summed E-state index contributed by atoms with van der Waals surface area (Å²) in [5.74, 6) is -1.16. The summed E-state index contributed by atoms with van der Waals surface area (Å²) in [6.07, 6.45) is -0.285. The molecule has 34 heavy (non-hydrogen) atoms. The van der Waals surface area contributed by atoms with E-state index in [1.54, 1.807) is 43.9 Å². The molecule has 1 aromatic carbocycles. The molecule has 0 aliphatic carbocycles. The van der Waals surface area contributed by atoms with Gasteiger partial charge >= 0.3 is 5.97 Å². The number of carbonyl (C=O) groups is 4. The lowest BCUT2D eigenvalue weighted by Crippen LogP contribution is -2.45. The Kier molecular flexibility index (Phi) is 9.87. The number of nitrogens with one attached hydrogen (secondary N) is 2. The number of thiazole rings is 1. The van der Waals surface area contributed by atoms with Crippen molar-refractivity contribution < 1.29 is 23.9 Å². The van der Waals surface area contributed by atoms with Crippen LogP contribution < -0.4 is 10.6 Å². The second-order valence-corrected chi connectivity index (χ2v) is 10.8. The van der Waals surface area contributed by atoms with Gasteiger partial charge in [0.1, 0.15) is 11.6 Å². The van der Waals surface area contributed by atoms with Gasteiger partial charge in [0.25, 0.3) is 0 Å². The van der Waals surface area contributed by atoms with Gasteiger partial charge in [0.2, 0.25) is 17.7 Å². The Balaban J connectivity index is 2.08. The Bertz CT molecular complexity index is 1040. The van der Waals surface area contributed by atoms with E-state index >= 15 is 0 Å². The number of fused-ring (bicyclic) bond motifs is 1. The smallest absolute Gasteiger partial charge is 0.308 e. The van der Waals surface area contributed by atoms with Crippen molar-refractivity contribution in [2.45, 2.75) is 63.9 Å². The van der Waals surface area contributed by atoms with Crippen molar-refractivity contribution in [3.63, 3.8) is 0 Å². The van der Waals surface area contributed by atoms with E-state index in [4.69, 9.17) is 4.74 Å². The number of amides is 3. The van der Waals surface area contributed by atoms with Crippen LogP contribution in [0.1, 0.15) is 48.0 Å². The van der Waals surface area contributed by atoms with Crippen molar-refractivity contribution in [1.82, 2.24) is 15.2 Å². The van der Waals surface area contributed by atoms with Crippen LogP contribution in [0.4, 0.5) is 5.69 Å². The predicted molar refractivity (Wildman–Crippen MR) is 135 cm³/mol. The third-order valence-electron chi connectivity index (χ3n) is 4.56. The van der Waals surface area contributed by atoms with Gasteiger partial charge in [0, 0.05) is 25.7 Å². The van der Waals surface area contributed by atoms with E-state index in [0.29, 0.717) is 24.5 Å². The first-order valence-electron chi connectivity index (χ1n) is 11.0. The van der Waals surface area contributed by atoms with Crippen molar-refractivity contribution in [3.8, 4) is 0 Å². The quantitative estimate of drug-likeness (QED) is 0.373. The van der Waals surface area contributed by atoms with Crippen LogP contribution in [-0.4, -0.2) is 64.1 Å². The molecule has 0 aliphatic heterocycles. The maximum Gasteiger partial charge on any atom is 0.308 e. The van der Waals surface area contributed by atoms with Crippen LogP contribution in [0.3, 0.4) is 0 Å². The second kappa shape index (κ2) is 12.2. The first-order chi connectivity index (χ1) is 15.9. The number of benzene rings is 1. The van der Waals surface area contributed by atoms with Gasteiger partial charge in [-0.3, -0.25) is 19.2 Å². The molecule has 0 saturated heterocycles. The van der Waals surface area contributed by atoms with Crippen molar-refractivity contribution in [2.24, 2.45) is 0 Å². The van der Waals surface area contributed by atoms with Crippen LogP contribution in [0.25, 0.3) is 10.2 Å². The number of ether oxygens (including phenoxy) is 1. The van der Waals surface area contributed by atoms with Crippen molar-refractivity contribution in [2.75, 3.05) is 24.2 Å². The lowest BCUT2D eigenvalue weighted by Gasteiger charge is -2.22. The zero-order valence-electron chi connectivity index (χ0n) is 20.4. The maximum absolute atomic E-state index is 12.8. The van der Waals surface area contributed by atoms with Crippen LogP contribution in [0.5, 0.6) is 0 Å². The molecule has 0 spiro atoms. The summed E-state index contributed by atoms with van der Waals surface area (Å²) in [4.78, 5) is 55.1. The fraction of sp³-hybridized carbons (Fsp3) is 0.522. The topological polar surface area (TPSA) is 118 Å². The van der Waals surface area contributed by atoms with Crippen LogP contribution in [0, 0.1) is 0 Å². The number of thioether (sulfide) groups is 1. The van der Waals surface area contributed by atoms with E-state index in [0.717, 1.165) is 14.6 Å². The van der Waals surface area contributed by atoms with Crippen LogP contribution in [-0.2, 0) is 23.9 Å². The average molecular weight is 509 g/mol. The van der Waals surface area contributed by atoms with Crippen molar-refractivity contribution in [1.29, 1.82) is 0 Å². The number of nitrogens with zero attached hydrogens (tertiary/aromatic N) is 2. The third kappa shape index (κ3) is 8.60. The Hall–Kier alpha value is -2.66. The number of esters is 1. The Labute approximate surface area is 208 Å². The minimum absolute atomic E-state index is 0.0659. The number of hydrogen-bond acceptors (Lipinski definition) is 8. The fourth-order valence-electron chi connectivity index (χ4n) is 3.07. The summed E-state index contributed by atoms with van der Waals surface area (Å²) in [5, 5.41) is 5.25. The van der Waals surface area contributed by atoms with Gasteiger partial charge in [-0.15, -0.1) is 11.3 Å². The molecular formula is C23H32N4O5S2. The van der Waals surface area contributed by atoms with Crippen LogP contribution in [0.2, 0.25) is 0 Å². The highest BCUT2D eigenvalue weighted by Gasteiger charge is 2.26. The molecule has 0 fully saturated rings. The highest BCUT2D eigenvalue weighted by atomic mass is 32.2. The van der Waals surface area contributed by atoms with Crippen molar-refractivity contribution >= 4 is 62.7 Å². The molecule has 3 amide bonds. The molecule has 9 nitrogen and oxygen atoms in total. The second-order valence-electron chi connectivity index (χ2n) is 8.55. The van der Waals surface area contributed by atoms with Gasteiger partial charge in [-0.25, -0.2) is 4.98 Å². The average Bonchev–Trinajstić information content (AvgIpc) is 3.13. The number of rotatable bonds is 10. The minimum atomic E-state index is -1.07. The van der Waals surface area contributed by atoms with Gasteiger partial charge in [0.15, 0.2) is 4.34 Å². The fourth-order valence-corrected chi connectivity index (χ4v) is 5.08.